The summed E-state index contributed by atoms with van der Waals surface area (Å²) in [4.78, 5) is 20.7. The summed E-state index contributed by atoms with van der Waals surface area (Å²) in [6.07, 6.45) is 6.76. The van der Waals surface area contributed by atoms with Crippen LogP contribution in [0.25, 0.3) is 5.82 Å². The molecule has 0 aliphatic rings. The molecule has 1 aromatic carbocycles. The van der Waals surface area contributed by atoms with Gasteiger partial charge in [-0.1, -0.05) is 12.1 Å². The highest BCUT2D eigenvalue weighted by atomic mass is 16.5. The highest BCUT2D eigenvalue weighted by molar-refractivity contribution is 6.06. The molecule has 0 aliphatic heterocycles. The molecule has 0 spiro atoms. The van der Waals surface area contributed by atoms with Crippen LogP contribution in [0.15, 0.2) is 61.3 Å². The van der Waals surface area contributed by atoms with E-state index in [0.29, 0.717) is 23.6 Å². The summed E-state index contributed by atoms with van der Waals surface area (Å²) >= 11 is 0. The van der Waals surface area contributed by atoms with Gasteiger partial charge in [0.15, 0.2) is 0 Å². The van der Waals surface area contributed by atoms with E-state index in [0.717, 1.165) is 5.82 Å². The van der Waals surface area contributed by atoms with Crippen LogP contribution < -0.4 is 10.1 Å². The first-order valence-electron chi connectivity index (χ1n) is 7.25. The second-order valence-corrected chi connectivity index (χ2v) is 4.76. The number of anilines is 1. The van der Waals surface area contributed by atoms with Gasteiger partial charge in [-0.15, -0.1) is 0 Å². The number of amides is 1. The number of carbonyl (C=O) groups excluding carboxylic acids is 1. The van der Waals surface area contributed by atoms with Crippen molar-refractivity contribution in [2.45, 2.75) is 6.92 Å². The Kier molecular flexibility index (Phi) is 4.33. The van der Waals surface area contributed by atoms with E-state index in [1.54, 1.807) is 53.8 Å². The van der Waals surface area contributed by atoms with E-state index in [-0.39, 0.29) is 5.91 Å². The van der Waals surface area contributed by atoms with Crippen LogP contribution in [0.3, 0.4) is 0 Å². The molecule has 1 N–H and O–H groups in total. The van der Waals surface area contributed by atoms with Crippen LogP contribution in [0, 0.1) is 0 Å². The lowest BCUT2D eigenvalue weighted by molar-refractivity contribution is 0.102. The SMILES string of the molecule is CCOc1ccccc1C(=O)Nc1ccc(-n2ccnc2)nc1. The topological polar surface area (TPSA) is 69.0 Å². The number of aromatic nitrogens is 3. The molecule has 6 heteroatoms. The van der Waals surface area contributed by atoms with Crippen LogP contribution in [0.4, 0.5) is 5.69 Å². The minimum Gasteiger partial charge on any atom is -0.493 e. The third kappa shape index (κ3) is 3.37. The third-order valence-corrected chi connectivity index (χ3v) is 3.21. The number of imidazole rings is 1. The Bertz CT molecular complexity index is 783. The molecule has 0 unspecified atom stereocenters. The maximum absolute atomic E-state index is 12.4. The minimum atomic E-state index is -0.230. The lowest BCUT2D eigenvalue weighted by atomic mass is 10.2. The molecule has 0 radical (unpaired) electrons. The monoisotopic (exact) mass is 308 g/mol. The van der Waals surface area contributed by atoms with E-state index in [1.165, 1.54) is 0 Å². The van der Waals surface area contributed by atoms with Gasteiger partial charge in [0.2, 0.25) is 0 Å². The standard InChI is InChI=1S/C17H16N4O2/c1-2-23-15-6-4-3-5-14(15)17(22)20-13-7-8-16(19-11-13)21-10-9-18-12-21/h3-12H,2H2,1H3,(H,20,22). The van der Waals surface area contributed by atoms with Crippen LogP contribution in [0.1, 0.15) is 17.3 Å². The molecule has 6 nitrogen and oxygen atoms in total. The number of ether oxygens (including phenoxy) is 1. The smallest absolute Gasteiger partial charge is 0.259 e. The summed E-state index contributed by atoms with van der Waals surface area (Å²) in [6.45, 7) is 2.39. The normalized spacial score (nSPS) is 10.3. The first-order valence-corrected chi connectivity index (χ1v) is 7.25. The summed E-state index contributed by atoms with van der Waals surface area (Å²) < 4.78 is 7.26. The molecular formula is C17H16N4O2. The zero-order valence-corrected chi connectivity index (χ0v) is 12.6. The zero-order valence-electron chi connectivity index (χ0n) is 12.6. The molecule has 0 atom stereocenters. The van der Waals surface area contributed by atoms with Gasteiger partial charge in [-0.05, 0) is 31.2 Å². The van der Waals surface area contributed by atoms with Gasteiger partial charge < -0.3 is 10.1 Å². The molecule has 3 rings (SSSR count). The highest BCUT2D eigenvalue weighted by Crippen LogP contribution is 2.19. The van der Waals surface area contributed by atoms with E-state index in [1.807, 2.05) is 19.1 Å². The highest BCUT2D eigenvalue weighted by Gasteiger charge is 2.12. The number of hydrogen-bond acceptors (Lipinski definition) is 4. The van der Waals surface area contributed by atoms with Gasteiger partial charge in [0.05, 0.1) is 24.1 Å². The average molecular weight is 308 g/mol. The fourth-order valence-electron chi connectivity index (χ4n) is 2.14. The fourth-order valence-corrected chi connectivity index (χ4v) is 2.14. The second kappa shape index (κ2) is 6.74. The summed E-state index contributed by atoms with van der Waals surface area (Å²) in [7, 11) is 0. The zero-order chi connectivity index (χ0) is 16.1. The molecule has 0 fully saturated rings. The van der Waals surface area contributed by atoms with Gasteiger partial charge >= 0.3 is 0 Å². The number of nitrogens with zero attached hydrogens (tertiary/aromatic N) is 3. The lowest BCUT2D eigenvalue weighted by Crippen LogP contribution is -2.14. The largest absolute Gasteiger partial charge is 0.493 e. The summed E-state index contributed by atoms with van der Waals surface area (Å²) in [5.74, 6) is 1.07. The number of carbonyl (C=O) groups is 1. The number of pyridine rings is 1. The number of benzene rings is 1. The van der Waals surface area contributed by atoms with Gasteiger partial charge in [0, 0.05) is 12.4 Å². The Morgan fingerprint density at radius 1 is 1.26 bits per heavy atom. The molecule has 2 heterocycles. The molecule has 2 aromatic heterocycles. The third-order valence-electron chi connectivity index (χ3n) is 3.21. The first-order chi connectivity index (χ1) is 11.3. The molecule has 1 amide bonds. The summed E-state index contributed by atoms with van der Waals surface area (Å²) in [5, 5.41) is 2.82. The van der Waals surface area contributed by atoms with Crippen molar-refractivity contribution in [2.24, 2.45) is 0 Å². The molecule has 0 saturated carbocycles. The molecule has 3 aromatic rings. The average Bonchev–Trinajstić information content (AvgIpc) is 3.11. The van der Waals surface area contributed by atoms with Crippen LogP contribution in [-0.4, -0.2) is 27.0 Å². The predicted molar refractivity (Wildman–Crippen MR) is 86.9 cm³/mol. The molecule has 23 heavy (non-hydrogen) atoms. The van der Waals surface area contributed by atoms with Crippen molar-refractivity contribution >= 4 is 11.6 Å². The van der Waals surface area contributed by atoms with Crippen molar-refractivity contribution in [3.8, 4) is 11.6 Å². The maximum atomic E-state index is 12.4. The van der Waals surface area contributed by atoms with Gasteiger partial charge in [-0.25, -0.2) is 9.97 Å². The van der Waals surface area contributed by atoms with Crippen molar-refractivity contribution in [1.29, 1.82) is 0 Å². The Labute approximate surface area is 133 Å². The van der Waals surface area contributed by atoms with Gasteiger partial charge in [-0.3, -0.25) is 9.36 Å². The maximum Gasteiger partial charge on any atom is 0.259 e. The van der Waals surface area contributed by atoms with Crippen LogP contribution in [0.5, 0.6) is 5.75 Å². The van der Waals surface area contributed by atoms with E-state index >= 15 is 0 Å². The van der Waals surface area contributed by atoms with E-state index < -0.39 is 0 Å². The van der Waals surface area contributed by atoms with Crippen LogP contribution in [-0.2, 0) is 0 Å². The number of rotatable bonds is 5. The lowest BCUT2D eigenvalue weighted by Gasteiger charge is -2.10. The summed E-state index contributed by atoms with van der Waals surface area (Å²) in [6, 6.07) is 10.8. The number of nitrogens with one attached hydrogen (secondary N) is 1. The Morgan fingerprint density at radius 2 is 2.13 bits per heavy atom. The number of para-hydroxylation sites is 1. The quantitative estimate of drug-likeness (QED) is 0.787. The van der Waals surface area contributed by atoms with E-state index in [4.69, 9.17) is 4.74 Å². The molecule has 116 valence electrons. The Hall–Kier alpha value is -3.15. The molecule has 0 bridgehead atoms. The molecule has 0 saturated heterocycles. The van der Waals surface area contributed by atoms with Crippen molar-refractivity contribution in [2.75, 3.05) is 11.9 Å². The minimum absolute atomic E-state index is 0.230. The van der Waals surface area contributed by atoms with Crippen LogP contribution >= 0.6 is 0 Å². The van der Waals surface area contributed by atoms with Crippen LogP contribution in [0.2, 0.25) is 0 Å². The van der Waals surface area contributed by atoms with Crippen molar-refractivity contribution in [3.05, 3.63) is 66.9 Å². The van der Waals surface area contributed by atoms with E-state index in [2.05, 4.69) is 15.3 Å². The van der Waals surface area contributed by atoms with Gasteiger partial charge in [0.1, 0.15) is 17.9 Å². The van der Waals surface area contributed by atoms with Crippen molar-refractivity contribution < 1.29 is 9.53 Å². The first kappa shape index (κ1) is 14.8. The Balaban J connectivity index is 1.75. The van der Waals surface area contributed by atoms with Gasteiger partial charge in [-0.2, -0.15) is 0 Å². The van der Waals surface area contributed by atoms with E-state index in [9.17, 15) is 4.79 Å². The summed E-state index contributed by atoms with van der Waals surface area (Å²) in [5.41, 5.74) is 1.11. The Morgan fingerprint density at radius 3 is 2.83 bits per heavy atom. The van der Waals surface area contributed by atoms with Crippen molar-refractivity contribution in [1.82, 2.24) is 14.5 Å². The number of hydrogen-bond donors (Lipinski definition) is 1. The van der Waals surface area contributed by atoms with Gasteiger partial charge in [0.25, 0.3) is 5.91 Å². The predicted octanol–water partition coefficient (Wildman–Crippen LogP) is 2.92. The fraction of sp³-hybridized carbons (Fsp3) is 0.118. The van der Waals surface area contributed by atoms with Crippen molar-refractivity contribution in [3.63, 3.8) is 0 Å². The molecular weight excluding hydrogens is 292 g/mol. The molecule has 0 aliphatic carbocycles. The second-order valence-electron chi connectivity index (χ2n) is 4.76.